The van der Waals surface area contributed by atoms with Crippen molar-refractivity contribution in [1.29, 1.82) is 0 Å². The van der Waals surface area contributed by atoms with Gasteiger partial charge in [0.2, 0.25) is 0 Å². The lowest BCUT2D eigenvalue weighted by molar-refractivity contribution is 0.819. The zero-order valence-corrected chi connectivity index (χ0v) is 16.5. The van der Waals surface area contributed by atoms with Gasteiger partial charge in [-0.25, -0.2) is 0 Å². The number of hydrogen-bond acceptors (Lipinski definition) is 2. The highest BCUT2D eigenvalue weighted by Crippen LogP contribution is 2.29. The number of benzene rings is 2. The lowest BCUT2D eigenvalue weighted by atomic mass is 9.90. The van der Waals surface area contributed by atoms with Crippen molar-refractivity contribution in [3.63, 3.8) is 0 Å². The van der Waals surface area contributed by atoms with Gasteiger partial charge in [-0.05, 0) is 23.6 Å². The fourth-order valence-electron chi connectivity index (χ4n) is 3.65. The summed E-state index contributed by atoms with van der Waals surface area (Å²) in [6.45, 7) is 4.58. The Bertz CT molecular complexity index is 1220. The van der Waals surface area contributed by atoms with Crippen LogP contribution < -0.4 is 16.3 Å². The second-order valence-electron chi connectivity index (χ2n) is 7.24. The van der Waals surface area contributed by atoms with E-state index in [-0.39, 0.29) is 5.56 Å². The van der Waals surface area contributed by atoms with Crippen LogP contribution in [0.4, 0.5) is 0 Å². The van der Waals surface area contributed by atoms with Gasteiger partial charge in [-0.3, -0.25) is 4.79 Å². The topological polar surface area (TPSA) is 44.9 Å². The largest absolute Gasteiger partial charge is 0.381 e. The Balaban J connectivity index is 1.77. The van der Waals surface area contributed by atoms with E-state index >= 15 is 0 Å². The van der Waals surface area contributed by atoms with Gasteiger partial charge in [0.05, 0.1) is 0 Å². The van der Waals surface area contributed by atoms with E-state index in [2.05, 4.69) is 55.1 Å². The molecule has 0 saturated carbocycles. The number of aromatic nitrogens is 1. The molecule has 0 amide bonds. The number of nitrogens with one attached hydrogen (secondary N) is 2. The summed E-state index contributed by atoms with van der Waals surface area (Å²) in [5, 5.41) is 4.42. The molecule has 3 nitrogen and oxygen atoms in total. The minimum absolute atomic E-state index is 0.0763. The van der Waals surface area contributed by atoms with E-state index in [1.165, 1.54) is 0 Å². The van der Waals surface area contributed by atoms with Crippen molar-refractivity contribution in [3.8, 4) is 11.1 Å². The van der Waals surface area contributed by atoms with Gasteiger partial charge in [0.25, 0.3) is 5.56 Å². The van der Waals surface area contributed by atoms with Crippen LogP contribution in [0.1, 0.15) is 12.0 Å². The van der Waals surface area contributed by atoms with Crippen LogP contribution in [0.5, 0.6) is 0 Å². The van der Waals surface area contributed by atoms with E-state index in [4.69, 9.17) is 0 Å². The van der Waals surface area contributed by atoms with Gasteiger partial charge in [-0.15, -0.1) is 0 Å². The predicted molar refractivity (Wildman–Crippen MR) is 125 cm³/mol. The molecular weight excluding hydrogens is 355 g/mol. The molecule has 1 aliphatic carbocycles. The molecule has 0 radical (unpaired) electrons. The van der Waals surface area contributed by atoms with Crippen molar-refractivity contribution < 1.29 is 0 Å². The summed E-state index contributed by atoms with van der Waals surface area (Å²) in [6, 6.07) is 16.2. The second kappa shape index (κ2) is 8.23. The molecule has 0 saturated heterocycles. The highest BCUT2D eigenvalue weighted by molar-refractivity contribution is 6.33. The average molecular weight is 378 g/mol. The van der Waals surface area contributed by atoms with E-state index in [9.17, 15) is 4.79 Å². The zero-order chi connectivity index (χ0) is 20.2. The Hall–Kier alpha value is -3.53. The first-order chi connectivity index (χ1) is 14.1. The smallest absolute Gasteiger partial charge is 0.254 e. The number of allylic oxidation sites excluding steroid dienone is 5. The molecule has 142 valence electrons. The van der Waals surface area contributed by atoms with Crippen molar-refractivity contribution in [2.45, 2.75) is 13.0 Å². The van der Waals surface area contributed by atoms with E-state index < -0.39 is 0 Å². The quantitative estimate of drug-likeness (QED) is 0.668. The molecule has 0 bridgehead atoms. The molecule has 3 aromatic rings. The third kappa shape index (κ3) is 4.02. The first-order valence-corrected chi connectivity index (χ1v) is 9.81. The first kappa shape index (κ1) is 18.8. The van der Waals surface area contributed by atoms with Crippen molar-refractivity contribution in [3.05, 3.63) is 113 Å². The lowest BCUT2D eigenvalue weighted by Crippen LogP contribution is -2.23. The summed E-state index contributed by atoms with van der Waals surface area (Å²) >= 11 is 0. The van der Waals surface area contributed by atoms with Crippen LogP contribution in [0.25, 0.3) is 22.0 Å². The molecule has 0 aliphatic heterocycles. The SMILES string of the molecule is Bc1ccc2[nH]c(=O)c(CNC(=C)C3=CCC=CC=C3)c(-c3ccccc3)c2c1. The number of pyridine rings is 1. The molecule has 0 atom stereocenters. The summed E-state index contributed by atoms with van der Waals surface area (Å²) in [6.07, 6.45) is 11.2. The van der Waals surface area contributed by atoms with Crippen LogP contribution in [0.15, 0.2) is 102 Å². The lowest BCUT2D eigenvalue weighted by Gasteiger charge is -2.16. The average Bonchev–Trinajstić information content (AvgIpc) is 3.02. The van der Waals surface area contributed by atoms with Crippen molar-refractivity contribution in [2.75, 3.05) is 0 Å². The maximum Gasteiger partial charge on any atom is 0.254 e. The number of aromatic amines is 1. The Labute approximate surface area is 171 Å². The minimum Gasteiger partial charge on any atom is -0.381 e. The summed E-state index contributed by atoms with van der Waals surface area (Å²) in [5.41, 5.74) is 6.51. The van der Waals surface area contributed by atoms with Gasteiger partial charge in [-0.2, -0.15) is 0 Å². The van der Waals surface area contributed by atoms with E-state index in [1.807, 2.05) is 48.6 Å². The van der Waals surface area contributed by atoms with E-state index in [0.717, 1.165) is 45.2 Å². The van der Waals surface area contributed by atoms with Crippen molar-refractivity contribution in [1.82, 2.24) is 10.3 Å². The van der Waals surface area contributed by atoms with Gasteiger partial charge >= 0.3 is 0 Å². The molecule has 0 unspecified atom stereocenters. The van der Waals surface area contributed by atoms with Crippen molar-refractivity contribution >= 4 is 24.2 Å². The molecule has 1 aliphatic rings. The molecule has 0 spiro atoms. The third-order valence-electron chi connectivity index (χ3n) is 5.15. The summed E-state index contributed by atoms with van der Waals surface area (Å²) < 4.78 is 0. The normalized spacial score (nSPS) is 13.2. The highest BCUT2D eigenvalue weighted by atomic mass is 16.1. The Morgan fingerprint density at radius 2 is 1.97 bits per heavy atom. The van der Waals surface area contributed by atoms with Gasteiger partial charge in [0.15, 0.2) is 0 Å². The van der Waals surface area contributed by atoms with Gasteiger partial charge in [0, 0.05) is 34.3 Å². The summed E-state index contributed by atoms with van der Waals surface area (Å²) in [4.78, 5) is 16.0. The molecular formula is C25H23BN2O. The Morgan fingerprint density at radius 1 is 1.14 bits per heavy atom. The Morgan fingerprint density at radius 3 is 2.79 bits per heavy atom. The van der Waals surface area contributed by atoms with Crippen LogP contribution in [0.3, 0.4) is 0 Å². The fourth-order valence-corrected chi connectivity index (χ4v) is 3.65. The third-order valence-corrected chi connectivity index (χ3v) is 5.15. The Kier molecular flexibility index (Phi) is 5.34. The molecule has 4 heteroatoms. The minimum atomic E-state index is -0.0763. The monoisotopic (exact) mass is 378 g/mol. The second-order valence-corrected chi connectivity index (χ2v) is 7.24. The molecule has 1 aromatic heterocycles. The summed E-state index contributed by atoms with van der Waals surface area (Å²) in [7, 11) is 2.07. The number of H-pyrrole nitrogens is 1. The van der Waals surface area contributed by atoms with Crippen LogP contribution >= 0.6 is 0 Å². The van der Waals surface area contributed by atoms with Crippen LogP contribution in [-0.2, 0) is 6.54 Å². The first-order valence-electron chi connectivity index (χ1n) is 9.81. The molecule has 29 heavy (non-hydrogen) atoms. The molecule has 2 N–H and O–H groups in total. The van der Waals surface area contributed by atoms with Crippen LogP contribution in [-0.4, -0.2) is 12.8 Å². The molecule has 0 fully saturated rings. The van der Waals surface area contributed by atoms with E-state index in [0.29, 0.717) is 12.1 Å². The number of rotatable bonds is 5. The van der Waals surface area contributed by atoms with Crippen LogP contribution in [0.2, 0.25) is 0 Å². The number of hydrogen-bond donors (Lipinski definition) is 2. The van der Waals surface area contributed by atoms with Crippen molar-refractivity contribution in [2.24, 2.45) is 0 Å². The van der Waals surface area contributed by atoms with Gasteiger partial charge in [-0.1, -0.05) is 84.9 Å². The van der Waals surface area contributed by atoms with Gasteiger partial charge < -0.3 is 10.3 Å². The standard InChI is InChI=1S/C25H23BN2O/c1-17(18-9-5-2-3-6-10-18)27-16-22-24(19-11-7-4-8-12-19)21-15-20(26)13-14-23(21)28-25(22)29/h2-5,7-15,27H,1,6,16,26H2,(H,28,29). The highest BCUT2D eigenvalue weighted by Gasteiger charge is 2.15. The maximum absolute atomic E-state index is 13.0. The van der Waals surface area contributed by atoms with Crippen LogP contribution in [0, 0.1) is 0 Å². The number of fused-ring (bicyclic) bond motifs is 1. The predicted octanol–water partition coefficient (Wildman–Crippen LogP) is 3.50. The summed E-state index contributed by atoms with van der Waals surface area (Å²) in [5.74, 6) is 0. The maximum atomic E-state index is 13.0. The zero-order valence-electron chi connectivity index (χ0n) is 16.5. The molecule has 2 aromatic carbocycles. The molecule has 1 heterocycles. The van der Waals surface area contributed by atoms with E-state index in [1.54, 1.807) is 0 Å². The molecule has 4 rings (SSSR count). The van der Waals surface area contributed by atoms with Gasteiger partial charge in [0.1, 0.15) is 7.85 Å². The fraction of sp³-hybridized carbons (Fsp3) is 0.0800.